The molecule has 5 heteroatoms. The molecule has 2 aromatic rings. The van der Waals surface area contributed by atoms with Crippen LogP contribution in [-0.4, -0.2) is 17.2 Å². The van der Waals surface area contributed by atoms with Crippen LogP contribution in [0.3, 0.4) is 0 Å². The fraction of sp³-hybridized carbons (Fsp3) is 0.312. The van der Waals surface area contributed by atoms with E-state index in [0.717, 1.165) is 16.2 Å². The lowest BCUT2D eigenvalue weighted by molar-refractivity contribution is 0.0276. The summed E-state index contributed by atoms with van der Waals surface area (Å²) in [5, 5.41) is 10.9. The van der Waals surface area contributed by atoms with Gasteiger partial charge < -0.3 is 9.84 Å². The molecule has 1 aromatic carbocycles. The Hall–Kier alpha value is -1.46. The molecule has 0 aliphatic carbocycles. The monoisotopic (exact) mass is 353 g/mol. The van der Waals surface area contributed by atoms with Crippen LogP contribution < -0.4 is 4.74 Å². The Morgan fingerprint density at radius 3 is 2.67 bits per heavy atom. The predicted octanol–water partition coefficient (Wildman–Crippen LogP) is 3.83. The highest BCUT2D eigenvalue weighted by Gasteiger charge is 2.30. The number of ether oxygens (including phenoxy) is 1. The first kappa shape index (κ1) is 15.9. The molecular weight excluding hydrogens is 337 g/mol. The van der Waals surface area contributed by atoms with Crippen LogP contribution in [0.2, 0.25) is 0 Å². The Labute approximate surface area is 131 Å². The van der Waals surface area contributed by atoms with Gasteiger partial charge in [0.25, 0.3) is 0 Å². The van der Waals surface area contributed by atoms with Crippen molar-refractivity contribution >= 4 is 15.9 Å². The van der Waals surface area contributed by atoms with Crippen molar-refractivity contribution in [1.29, 1.82) is 0 Å². The van der Waals surface area contributed by atoms with Crippen molar-refractivity contribution in [2.24, 2.45) is 0 Å². The number of hydrogen-bond acceptors (Lipinski definition) is 3. The van der Waals surface area contributed by atoms with Crippen molar-refractivity contribution in [2.45, 2.75) is 25.4 Å². The lowest BCUT2D eigenvalue weighted by Crippen LogP contribution is -2.29. The average molecular weight is 354 g/mol. The van der Waals surface area contributed by atoms with Crippen molar-refractivity contribution in [3.63, 3.8) is 0 Å². The Morgan fingerprint density at radius 2 is 2.10 bits per heavy atom. The molecule has 1 unspecified atom stereocenters. The van der Waals surface area contributed by atoms with E-state index in [2.05, 4.69) is 20.9 Å². The van der Waals surface area contributed by atoms with Crippen molar-refractivity contribution < 1.29 is 14.2 Å². The average Bonchev–Trinajstić information content (AvgIpc) is 2.48. The summed E-state index contributed by atoms with van der Waals surface area (Å²) in [6.45, 7) is 1.87. The van der Waals surface area contributed by atoms with Gasteiger partial charge in [0.1, 0.15) is 17.2 Å². The number of nitrogens with zero attached hydrogens (tertiary/aromatic N) is 1. The predicted molar refractivity (Wildman–Crippen MR) is 82.8 cm³/mol. The first-order valence-electron chi connectivity index (χ1n) is 6.65. The van der Waals surface area contributed by atoms with E-state index in [9.17, 15) is 9.50 Å². The molecule has 0 aliphatic heterocycles. The quantitative estimate of drug-likeness (QED) is 0.887. The van der Waals surface area contributed by atoms with E-state index in [1.807, 2.05) is 25.1 Å². The highest BCUT2D eigenvalue weighted by molar-refractivity contribution is 9.10. The van der Waals surface area contributed by atoms with Gasteiger partial charge in [0.2, 0.25) is 0 Å². The number of benzene rings is 1. The van der Waals surface area contributed by atoms with Gasteiger partial charge in [-0.2, -0.15) is 0 Å². The summed E-state index contributed by atoms with van der Waals surface area (Å²) in [7, 11) is 1.59. The molecule has 0 amide bonds. The van der Waals surface area contributed by atoms with Gasteiger partial charge in [0.05, 0.1) is 19.0 Å². The number of aromatic nitrogens is 1. The molecule has 0 fully saturated rings. The van der Waals surface area contributed by atoms with Gasteiger partial charge in [-0.05, 0) is 42.3 Å². The number of methoxy groups -OCH3 is 1. The zero-order chi connectivity index (χ0) is 15.5. The molecule has 21 heavy (non-hydrogen) atoms. The zero-order valence-corrected chi connectivity index (χ0v) is 13.5. The molecule has 0 aliphatic rings. The minimum Gasteiger partial charge on any atom is -0.496 e. The second-order valence-electron chi connectivity index (χ2n) is 4.88. The van der Waals surface area contributed by atoms with Crippen LogP contribution in [0, 0.1) is 5.82 Å². The third-order valence-corrected chi connectivity index (χ3v) is 4.01. The molecule has 3 nitrogen and oxygen atoms in total. The SMILES string of the molecule is CCC(O)(Cc1cc(Br)ccc1OC)c1ccc(F)cn1. The van der Waals surface area contributed by atoms with Crippen LogP contribution in [0.4, 0.5) is 4.39 Å². The van der Waals surface area contributed by atoms with Crippen LogP contribution in [0.15, 0.2) is 41.0 Å². The van der Waals surface area contributed by atoms with Gasteiger partial charge in [0.15, 0.2) is 0 Å². The molecule has 2 rings (SSSR count). The first-order valence-corrected chi connectivity index (χ1v) is 7.44. The standard InChI is InChI=1S/C16H17BrFNO2/c1-3-16(20,15-7-5-13(18)10-19-15)9-11-8-12(17)4-6-14(11)21-2/h4-8,10,20H,3,9H2,1-2H3. The number of hydrogen-bond donors (Lipinski definition) is 1. The van der Waals surface area contributed by atoms with E-state index in [1.165, 1.54) is 12.1 Å². The third-order valence-electron chi connectivity index (χ3n) is 3.51. The van der Waals surface area contributed by atoms with Gasteiger partial charge in [-0.25, -0.2) is 4.39 Å². The Bertz CT molecular complexity index is 618. The van der Waals surface area contributed by atoms with E-state index in [-0.39, 0.29) is 0 Å². The van der Waals surface area contributed by atoms with Crippen LogP contribution >= 0.6 is 15.9 Å². The van der Waals surface area contributed by atoms with Crippen LogP contribution in [0.1, 0.15) is 24.6 Å². The Balaban J connectivity index is 2.38. The maximum absolute atomic E-state index is 13.0. The van der Waals surface area contributed by atoms with Crippen molar-refractivity contribution in [1.82, 2.24) is 4.98 Å². The molecule has 0 saturated carbocycles. The highest BCUT2D eigenvalue weighted by Crippen LogP contribution is 2.33. The van der Waals surface area contributed by atoms with Gasteiger partial charge >= 0.3 is 0 Å². The van der Waals surface area contributed by atoms with Crippen molar-refractivity contribution in [3.8, 4) is 5.75 Å². The van der Waals surface area contributed by atoms with Gasteiger partial charge in [-0.1, -0.05) is 22.9 Å². The van der Waals surface area contributed by atoms with Crippen LogP contribution in [0.25, 0.3) is 0 Å². The van der Waals surface area contributed by atoms with Crippen molar-refractivity contribution in [2.75, 3.05) is 7.11 Å². The summed E-state index contributed by atoms with van der Waals surface area (Å²) in [6.07, 6.45) is 1.92. The second-order valence-corrected chi connectivity index (χ2v) is 5.80. The molecule has 0 saturated heterocycles. The number of rotatable bonds is 5. The summed E-state index contributed by atoms with van der Waals surface area (Å²) in [5.41, 5.74) is 0.151. The summed E-state index contributed by atoms with van der Waals surface area (Å²) in [5.74, 6) is 0.282. The summed E-state index contributed by atoms with van der Waals surface area (Å²) in [6, 6.07) is 8.45. The summed E-state index contributed by atoms with van der Waals surface area (Å²) in [4.78, 5) is 4.02. The highest BCUT2D eigenvalue weighted by atomic mass is 79.9. The van der Waals surface area contributed by atoms with E-state index >= 15 is 0 Å². The maximum atomic E-state index is 13.0. The molecule has 1 atom stereocenters. The topological polar surface area (TPSA) is 42.4 Å². The van der Waals surface area contributed by atoms with E-state index < -0.39 is 11.4 Å². The van der Waals surface area contributed by atoms with E-state index in [1.54, 1.807) is 7.11 Å². The van der Waals surface area contributed by atoms with Gasteiger partial charge in [0, 0.05) is 10.9 Å². The van der Waals surface area contributed by atoms with Crippen LogP contribution in [0.5, 0.6) is 5.75 Å². The molecule has 0 bridgehead atoms. The summed E-state index contributed by atoms with van der Waals surface area (Å²) >= 11 is 3.42. The third kappa shape index (κ3) is 3.60. The lowest BCUT2D eigenvalue weighted by Gasteiger charge is -2.27. The Kier molecular flexibility index (Phi) is 4.96. The molecule has 112 valence electrons. The smallest absolute Gasteiger partial charge is 0.141 e. The van der Waals surface area contributed by atoms with E-state index in [0.29, 0.717) is 24.3 Å². The molecule has 1 aromatic heterocycles. The van der Waals surface area contributed by atoms with Crippen molar-refractivity contribution in [3.05, 3.63) is 58.1 Å². The largest absolute Gasteiger partial charge is 0.496 e. The van der Waals surface area contributed by atoms with Gasteiger partial charge in [-0.3, -0.25) is 4.98 Å². The van der Waals surface area contributed by atoms with Crippen LogP contribution in [-0.2, 0) is 12.0 Å². The minimum absolute atomic E-state index is 0.338. The number of halogens is 2. The molecule has 1 heterocycles. The maximum Gasteiger partial charge on any atom is 0.141 e. The normalized spacial score (nSPS) is 13.8. The molecule has 1 N–H and O–H groups in total. The number of pyridine rings is 1. The Morgan fingerprint density at radius 1 is 1.33 bits per heavy atom. The lowest BCUT2D eigenvalue weighted by atomic mass is 9.88. The van der Waals surface area contributed by atoms with E-state index in [4.69, 9.17) is 4.74 Å². The fourth-order valence-corrected chi connectivity index (χ4v) is 2.66. The second kappa shape index (κ2) is 6.54. The minimum atomic E-state index is -1.16. The molecule has 0 radical (unpaired) electrons. The first-order chi connectivity index (χ1) is 9.98. The summed E-state index contributed by atoms with van der Waals surface area (Å²) < 4.78 is 19.2. The number of aliphatic hydroxyl groups is 1. The van der Waals surface area contributed by atoms with Gasteiger partial charge in [-0.15, -0.1) is 0 Å². The molecular formula is C16H17BrFNO2. The zero-order valence-electron chi connectivity index (χ0n) is 11.9. The fourth-order valence-electron chi connectivity index (χ4n) is 2.25. The molecule has 0 spiro atoms.